The molecule has 1 atom stereocenters. The molecular formula is C30H30FN3O. The molecule has 1 unspecified atom stereocenters. The largest absolute Gasteiger partial charge is 0.361 e. The number of nitrogens with one attached hydrogen (secondary N) is 1. The lowest BCUT2D eigenvalue weighted by atomic mass is 9.87. The second-order valence-corrected chi connectivity index (χ2v) is 9.09. The number of aromatic nitrogens is 1. The zero-order valence-electron chi connectivity index (χ0n) is 19.7. The molecule has 5 rings (SSSR count). The first kappa shape index (κ1) is 23.1. The molecule has 4 aromatic rings. The number of aromatic amines is 1. The first-order chi connectivity index (χ1) is 17.2. The van der Waals surface area contributed by atoms with E-state index in [1.807, 2.05) is 47.5 Å². The molecule has 1 aliphatic rings. The summed E-state index contributed by atoms with van der Waals surface area (Å²) in [5, 5.41) is 1.10. The number of para-hydroxylation sites is 1. The van der Waals surface area contributed by atoms with Crippen molar-refractivity contribution in [3.63, 3.8) is 0 Å². The summed E-state index contributed by atoms with van der Waals surface area (Å²) in [6.07, 6.45) is 6.69. The van der Waals surface area contributed by atoms with E-state index in [1.54, 1.807) is 12.1 Å². The summed E-state index contributed by atoms with van der Waals surface area (Å²) < 4.78 is 13.6. The molecule has 3 aromatic carbocycles. The van der Waals surface area contributed by atoms with Gasteiger partial charge in [0, 0.05) is 62.2 Å². The third kappa shape index (κ3) is 5.52. The Morgan fingerprint density at radius 3 is 2.40 bits per heavy atom. The summed E-state index contributed by atoms with van der Waals surface area (Å²) in [6, 6.07) is 25.0. The number of rotatable bonds is 7. The molecule has 0 aliphatic carbocycles. The lowest BCUT2D eigenvalue weighted by Gasteiger charge is -2.35. The van der Waals surface area contributed by atoms with Gasteiger partial charge in [-0.1, -0.05) is 72.8 Å². The predicted octanol–water partition coefficient (Wildman–Crippen LogP) is 5.69. The molecule has 0 spiro atoms. The average molecular weight is 468 g/mol. The van der Waals surface area contributed by atoms with Crippen LogP contribution in [0.5, 0.6) is 0 Å². The van der Waals surface area contributed by atoms with Crippen molar-refractivity contribution in [3.05, 3.63) is 114 Å². The van der Waals surface area contributed by atoms with Gasteiger partial charge >= 0.3 is 0 Å². The number of carbonyl (C=O) groups is 1. The van der Waals surface area contributed by atoms with Crippen LogP contribution in [0.2, 0.25) is 0 Å². The van der Waals surface area contributed by atoms with Crippen molar-refractivity contribution in [1.82, 2.24) is 14.8 Å². The number of nitrogens with zero attached hydrogens (tertiary/aromatic N) is 2. The van der Waals surface area contributed by atoms with E-state index < -0.39 is 0 Å². The van der Waals surface area contributed by atoms with Crippen LogP contribution in [0.4, 0.5) is 4.39 Å². The standard InChI is InChI=1S/C30H30FN3O/c31-25-14-12-24(13-15-25)27(28-22-32-29-11-5-4-10-26(28)29)21-30(35)34-19-17-33(18-20-34)16-6-9-23-7-2-1-3-8-23/h1-15,22,27,32H,16-21H2/b9-6+. The number of fused-ring (bicyclic) bond motifs is 1. The summed E-state index contributed by atoms with van der Waals surface area (Å²) in [4.78, 5) is 21.1. The van der Waals surface area contributed by atoms with Crippen LogP contribution in [0.15, 0.2) is 91.1 Å². The van der Waals surface area contributed by atoms with Gasteiger partial charge in [-0.2, -0.15) is 0 Å². The van der Waals surface area contributed by atoms with Gasteiger partial charge in [-0.25, -0.2) is 4.39 Å². The third-order valence-corrected chi connectivity index (χ3v) is 6.85. The molecule has 0 bridgehead atoms. The molecule has 5 heteroatoms. The second-order valence-electron chi connectivity index (χ2n) is 9.09. The van der Waals surface area contributed by atoms with Gasteiger partial charge in [-0.05, 0) is 34.9 Å². The fraction of sp³-hybridized carbons (Fsp3) is 0.233. The smallest absolute Gasteiger partial charge is 0.223 e. The van der Waals surface area contributed by atoms with Gasteiger partial charge in [0.2, 0.25) is 5.91 Å². The summed E-state index contributed by atoms with van der Waals surface area (Å²) >= 11 is 0. The highest BCUT2D eigenvalue weighted by molar-refractivity contribution is 5.86. The molecule has 0 radical (unpaired) electrons. The van der Waals surface area contributed by atoms with Gasteiger partial charge in [0.05, 0.1) is 0 Å². The lowest BCUT2D eigenvalue weighted by Crippen LogP contribution is -2.48. The normalized spacial score (nSPS) is 15.6. The Balaban J connectivity index is 1.25. The minimum atomic E-state index is -0.268. The van der Waals surface area contributed by atoms with Crippen LogP contribution >= 0.6 is 0 Å². The number of piperazine rings is 1. The van der Waals surface area contributed by atoms with Crippen molar-refractivity contribution in [2.45, 2.75) is 12.3 Å². The fourth-order valence-electron chi connectivity index (χ4n) is 4.87. The Bertz CT molecular complexity index is 1290. The maximum Gasteiger partial charge on any atom is 0.223 e. The maximum absolute atomic E-state index is 13.6. The van der Waals surface area contributed by atoms with Gasteiger partial charge < -0.3 is 9.88 Å². The number of H-pyrrole nitrogens is 1. The number of amides is 1. The average Bonchev–Trinajstić information content (AvgIpc) is 3.33. The van der Waals surface area contributed by atoms with Gasteiger partial charge in [0.15, 0.2) is 0 Å². The van der Waals surface area contributed by atoms with Crippen LogP contribution in [-0.4, -0.2) is 53.4 Å². The van der Waals surface area contributed by atoms with E-state index >= 15 is 0 Å². The van der Waals surface area contributed by atoms with Crippen molar-refractivity contribution in [3.8, 4) is 0 Å². The molecule has 4 nitrogen and oxygen atoms in total. The number of carbonyl (C=O) groups excluding carboxylic acids is 1. The van der Waals surface area contributed by atoms with Gasteiger partial charge in [-0.3, -0.25) is 9.69 Å². The van der Waals surface area contributed by atoms with Crippen molar-refractivity contribution in [1.29, 1.82) is 0 Å². The van der Waals surface area contributed by atoms with Gasteiger partial charge in [0.1, 0.15) is 5.82 Å². The Morgan fingerprint density at radius 1 is 0.914 bits per heavy atom. The van der Waals surface area contributed by atoms with Crippen LogP contribution in [0, 0.1) is 5.82 Å². The topological polar surface area (TPSA) is 39.3 Å². The highest BCUT2D eigenvalue weighted by Gasteiger charge is 2.26. The van der Waals surface area contributed by atoms with Crippen molar-refractivity contribution < 1.29 is 9.18 Å². The van der Waals surface area contributed by atoms with Crippen LogP contribution in [0.25, 0.3) is 17.0 Å². The van der Waals surface area contributed by atoms with E-state index in [1.165, 1.54) is 17.7 Å². The molecule has 35 heavy (non-hydrogen) atoms. The molecule has 1 N–H and O–H groups in total. The van der Waals surface area contributed by atoms with Gasteiger partial charge in [0.25, 0.3) is 0 Å². The van der Waals surface area contributed by atoms with E-state index in [9.17, 15) is 9.18 Å². The minimum absolute atomic E-state index is 0.133. The van der Waals surface area contributed by atoms with E-state index in [0.29, 0.717) is 6.42 Å². The van der Waals surface area contributed by atoms with Crippen molar-refractivity contribution in [2.24, 2.45) is 0 Å². The highest BCUT2D eigenvalue weighted by atomic mass is 19.1. The molecule has 1 amide bonds. The Labute approximate surface area is 205 Å². The van der Waals surface area contributed by atoms with E-state index in [4.69, 9.17) is 0 Å². The van der Waals surface area contributed by atoms with Crippen LogP contribution in [-0.2, 0) is 4.79 Å². The second kappa shape index (κ2) is 10.7. The van der Waals surface area contributed by atoms with E-state index in [0.717, 1.165) is 54.8 Å². The number of halogens is 1. The first-order valence-corrected chi connectivity index (χ1v) is 12.2. The minimum Gasteiger partial charge on any atom is -0.361 e. The third-order valence-electron chi connectivity index (χ3n) is 6.85. The zero-order valence-corrected chi connectivity index (χ0v) is 19.7. The SMILES string of the molecule is O=C(CC(c1ccc(F)cc1)c1c[nH]c2ccccc12)N1CCN(C/C=C/c2ccccc2)CC1. The van der Waals surface area contributed by atoms with Crippen molar-refractivity contribution >= 4 is 22.9 Å². The van der Waals surface area contributed by atoms with Crippen molar-refractivity contribution in [2.75, 3.05) is 32.7 Å². The number of hydrogen-bond donors (Lipinski definition) is 1. The molecule has 1 fully saturated rings. The monoisotopic (exact) mass is 467 g/mol. The van der Waals surface area contributed by atoms with Crippen LogP contribution < -0.4 is 0 Å². The maximum atomic E-state index is 13.6. The van der Waals surface area contributed by atoms with E-state index in [-0.39, 0.29) is 17.6 Å². The molecular weight excluding hydrogens is 437 g/mol. The quantitative estimate of drug-likeness (QED) is 0.379. The molecule has 0 saturated carbocycles. The van der Waals surface area contributed by atoms with Crippen LogP contribution in [0.1, 0.15) is 29.0 Å². The molecule has 2 heterocycles. The number of benzene rings is 3. The summed E-state index contributed by atoms with van der Waals surface area (Å²) in [5.74, 6) is -0.259. The predicted molar refractivity (Wildman–Crippen MR) is 140 cm³/mol. The van der Waals surface area contributed by atoms with Crippen LogP contribution in [0.3, 0.4) is 0 Å². The summed E-state index contributed by atoms with van der Waals surface area (Å²) in [7, 11) is 0. The van der Waals surface area contributed by atoms with Gasteiger partial charge in [-0.15, -0.1) is 0 Å². The summed E-state index contributed by atoms with van der Waals surface area (Å²) in [6.45, 7) is 4.05. The Hall–Kier alpha value is -3.70. The lowest BCUT2D eigenvalue weighted by molar-refractivity contribution is -0.133. The molecule has 1 aromatic heterocycles. The Kier molecular flexibility index (Phi) is 7.05. The highest BCUT2D eigenvalue weighted by Crippen LogP contribution is 2.34. The van der Waals surface area contributed by atoms with E-state index in [2.05, 4.69) is 40.2 Å². The molecule has 1 aliphatic heterocycles. The number of hydrogen-bond acceptors (Lipinski definition) is 2. The first-order valence-electron chi connectivity index (χ1n) is 12.2. The molecule has 178 valence electrons. The summed E-state index contributed by atoms with van der Waals surface area (Å²) in [5.41, 5.74) is 4.27. The molecule has 1 saturated heterocycles. The Morgan fingerprint density at radius 2 is 1.63 bits per heavy atom. The zero-order chi connectivity index (χ0) is 24.0. The fourth-order valence-corrected chi connectivity index (χ4v) is 4.87.